The maximum atomic E-state index is 12.5. The number of pyridine rings is 1. The fourth-order valence-corrected chi connectivity index (χ4v) is 3.91. The summed E-state index contributed by atoms with van der Waals surface area (Å²) in [5.74, 6) is 0. The fourth-order valence-electron chi connectivity index (χ4n) is 2.07. The molecule has 1 aliphatic heterocycles. The van der Waals surface area contributed by atoms with Gasteiger partial charge in [-0.25, -0.2) is 9.78 Å². The lowest BCUT2D eigenvalue weighted by Crippen LogP contribution is -2.36. The summed E-state index contributed by atoms with van der Waals surface area (Å²) in [5, 5.41) is 0.444. The number of carbonyl (C=O) groups is 1. The number of aromatic nitrogens is 1. The molecule has 1 aromatic rings. The van der Waals surface area contributed by atoms with Gasteiger partial charge >= 0.3 is 6.09 Å². The van der Waals surface area contributed by atoms with Crippen LogP contribution in [0.1, 0.15) is 27.2 Å². The lowest BCUT2D eigenvalue weighted by molar-refractivity contribution is 0.0295. The van der Waals surface area contributed by atoms with Crippen LogP contribution in [0.4, 0.5) is 4.79 Å². The van der Waals surface area contributed by atoms with E-state index in [1.54, 1.807) is 17.0 Å². The smallest absolute Gasteiger partial charge is 0.410 e. The van der Waals surface area contributed by atoms with Crippen LogP contribution in [0.5, 0.6) is 0 Å². The molecule has 0 aliphatic carbocycles. The highest BCUT2D eigenvalue weighted by molar-refractivity contribution is 9.10. The standard InChI is InChI=1S/C14H19BrN2O3S/c1-14(2,3)20-13(18)17-8-7-10(9-17)21(19)12-6-4-5-11(15)16-12/h4-6,10H,7-9H2,1-3H3/t10-,21+/m0/s1. The van der Waals surface area contributed by atoms with Crippen molar-refractivity contribution in [3.63, 3.8) is 0 Å². The Bertz CT molecular complexity index is 559. The molecule has 0 aromatic carbocycles. The molecule has 2 atom stereocenters. The SMILES string of the molecule is CC(C)(C)OC(=O)N1CC[C@H]([S@@](=O)c2cccc(Br)n2)C1. The van der Waals surface area contributed by atoms with Gasteiger partial charge in [0.1, 0.15) is 15.2 Å². The van der Waals surface area contributed by atoms with Crippen LogP contribution in [0.3, 0.4) is 0 Å². The Morgan fingerprint density at radius 1 is 1.48 bits per heavy atom. The molecule has 0 saturated carbocycles. The van der Waals surface area contributed by atoms with Crippen molar-refractivity contribution in [2.45, 2.75) is 43.1 Å². The van der Waals surface area contributed by atoms with Crippen molar-refractivity contribution < 1.29 is 13.7 Å². The molecule has 2 heterocycles. The predicted molar refractivity (Wildman–Crippen MR) is 84.6 cm³/mol. The van der Waals surface area contributed by atoms with Gasteiger partial charge in [-0.1, -0.05) is 6.07 Å². The quantitative estimate of drug-likeness (QED) is 0.746. The van der Waals surface area contributed by atoms with Gasteiger partial charge in [0.15, 0.2) is 0 Å². The van der Waals surface area contributed by atoms with E-state index in [-0.39, 0.29) is 11.3 Å². The van der Waals surface area contributed by atoms with Crippen molar-refractivity contribution in [1.29, 1.82) is 0 Å². The van der Waals surface area contributed by atoms with Gasteiger partial charge in [0.2, 0.25) is 0 Å². The van der Waals surface area contributed by atoms with Crippen molar-refractivity contribution in [3.05, 3.63) is 22.8 Å². The third kappa shape index (κ3) is 4.51. The first-order valence-electron chi connectivity index (χ1n) is 6.77. The zero-order valence-corrected chi connectivity index (χ0v) is 14.7. The first-order chi connectivity index (χ1) is 9.76. The summed E-state index contributed by atoms with van der Waals surface area (Å²) < 4.78 is 18.5. The average molecular weight is 375 g/mol. The minimum atomic E-state index is -1.22. The molecule has 0 radical (unpaired) electrons. The molecule has 0 spiro atoms. The van der Waals surface area contributed by atoms with E-state index in [0.717, 1.165) is 0 Å². The highest BCUT2D eigenvalue weighted by Crippen LogP contribution is 2.22. The van der Waals surface area contributed by atoms with Crippen LogP contribution in [-0.4, -0.2) is 44.1 Å². The number of ether oxygens (including phenoxy) is 1. The second kappa shape index (κ2) is 6.44. The first-order valence-corrected chi connectivity index (χ1v) is 8.78. The Labute approximate surface area is 135 Å². The van der Waals surface area contributed by atoms with Crippen molar-refractivity contribution in [1.82, 2.24) is 9.88 Å². The molecule has 1 aromatic heterocycles. The number of carbonyl (C=O) groups excluding carboxylic acids is 1. The van der Waals surface area contributed by atoms with Gasteiger partial charge in [0, 0.05) is 13.1 Å². The van der Waals surface area contributed by atoms with E-state index in [0.29, 0.717) is 29.1 Å². The Morgan fingerprint density at radius 3 is 2.81 bits per heavy atom. The molecule has 2 rings (SSSR count). The van der Waals surface area contributed by atoms with Crippen LogP contribution in [0.15, 0.2) is 27.8 Å². The monoisotopic (exact) mass is 374 g/mol. The zero-order chi connectivity index (χ0) is 15.6. The summed E-state index contributed by atoms with van der Waals surface area (Å²) in [6.45, 7) is 6.51. The number of hydrogen-bond donors (Lipinski definition) is 0. The van der Waals surface area contributed by atoms with Crippen molar-refractivity contribution in [3.8, 4) is 0 Å². The summed E-state index contributed by atoms with van der Waals surface area (Å²) >= 11 is 3.28. The summed E-state index contributed by atoms with van der Waals surface area (Å²) in [4.78, 5) is 17.8. The van der Waals surface area contributed by atoms with Crippen molar-refractivity contribution in [2.24, 2.45) is 0 Å². The first kappa shape index (κ1) is 16.4. The average Bonchev–Trinajstić information content (AvgIpc) is 2.85. The van der Waals surface area contributed by atoms with Gasteiger partial charge < -0.3 is 9.64 Å². The Kier molecular flexibility index (Phi) is 5.03. The molecule has 1 aliphatic rings. The summed E-state index contributed by atoms with van der Waals surface area (Å²) in [7, 11) is -1.22. The van der Waals surface area contributed by atoms with Gasteiger partial charge in [-0.05, 0) is 55.3 Å². The molecular formula is C14H19BrN2O3S. The van der Waals surface area contributed by atoms with Gasteiger partial charge in [-0.15, -0.1) is 0 Å². The number of halogens is 1. The molecule has 21 heavy (non-hydrogen) atoms. The molecule has 5 nitrogen and oxygen atoms in total. The third-order valence-electron chi connectivity index (χ3n) is 3.00. The molecule has 0 bridgehead atoms. The maximum Gasteiger partial charge on any atom is 0.410 e. The fraction of sp³-hybridized carbons (Fsp3) is 0.571. The summed E-state index contributed by atoms with van der Waals surface area (Å²) in [6.07, 6.45) is 0.351. The predicted octanol–water partition coefficient (Wildman–Crippen LogP) is 2.96. The van der Waals surface area contributed by atoms with Crippen LogP contribution in [0.2, 0.25) is 0 Å². The van der Waals surface area contributed by atoms with Crippen molar-refractivity contribution in [2.75, 3.05) is 13.1 Å². The number of rotatable bonds is 2. The lowest BCUT2D eigenvalue weighted by atomic mass is 10.2. The molecule has 0 N–H and O–H groups in total. The third-order valence-corrected chi connectivity index (χ3v) is 5.07. The zero-order valence-electron chi connectivity index (χ0n) is 12.3. The highest BCUT2D eigenvalue weighted by Gasteiger charge is 2.33. The largest absolute Gasteiger partial charge is 0.444 e. The van der Waals surface area contributed by atoms with Crippen LogP contribution in [0, 0.1) is 0 Å². The van der Waals surface area contributed by atoms with E-state index < -0.39 is 16.4 Å². The minimum absolute atomic E-state index is 0.0979. The Hall–Kier alpha value is -0.950. The van der Waals surface area contributed by atoms with Gasteiger partial charge in [-0.2, -0.15) is 0 Å². The van der Waals surface area contributed by atoms with Gasteiger partial charge in [0.05, 0.1) is 16.0 Å². The summed E-state index contributed by atoms with van der Waals surface area (Å²) in [6, 6.07) is 5.35. The molecule has 7 heteroatoms. The number of amides is 1. The van der Waals surface area contributed by atoms with E-state index in [1.807, 2.05) is 26.8 Å². The topological polar surface area (TPSA) is 59.5 Å². The molecular weight excluding hydrogens is 356 g/mol. The molecule has 1 fully saturated rings. The van der Waals surface area contributed by atoms with Gasteiger partial charge in [-0.3, -0.25) is 4.21 Å². The molecule has 1 saturated heterocycles. The van der Waals surface area contributed by atoms with Crippen LogP contribution in [-0.2, 0) is 15.5 Å². The van der Waals surface area contributed by atoms with Crippen LogP contribution >= 0.6 is 15.9 Å². The van der Waals surface area contributed by atoms with E-state index in [9.17, 15) is 9.00 Å². The van der Waals surface area contributed by atoms with E-state index in [4.69, 9.17) is 4.74 Å². The van der Waals surface area contributed by atoms with Crippen molar-refractivity contribution >= 4 is 32.8 Å². The lowest BCUT2D eigenvalue weighted by Gasteiger charge is -2.24. The van der Waals surface area contributed by atoms with E-state index in [2.05, 4.69) is 20.9 Å². The summed E-state index contributed by atoms with van der Waals surface area (Å²) in [5.41, 5.74) is -0.514. The van der Waals surface area contributed by atoms with Crippen LogP contribution in [0.25, 0.3) is 0 Å². The maximum absolute atomic E-state index is 12.5. The Morgan fingerprint density at radius 2 is 2.19 bits per heavy atom. The molecule has 0 unspecified atom stereocenters. The molecule has 1 amide bonds. The second-order valence-electron chi connectivity index (χ2n) is 5.93. The normalized spacial score (nSPS) is 20.4. The van der Waals surface area contributed by atoms with Gasteiger partial charge in [0.25, 0.3) is 0 Å². The number of likely N-dealkylation sites (tertiary alicyclic amines) is 1. The Balaban J connectivity index is 1.99. The second-order valence-corrected chi connectivity index (χ2v) is 8.43. The van der Waals surface area contributed by atoms with E-state index in [1.165, 1.54) is 0 Å². The highest BCUT2D eigenvalue weighted by atomic mass is 79.9. The number of hydrogen-bond acceptors (Lipinski definition) is 4. The minimum Gasteiger partial charge on any atom is -0.444 e. The van der Waals surface area contributed by atoms with E-state index >= 15 is 0 Å². The van der Waals surface area contributed by atoms with Crippen LogP contribution < -0.4 is 0 Å². The number of nitrogens with zero attached hydrogens (tertiary/aromatic N) is 2. The molecule has 116 valence electrons.